The van der Waals surface area contributed by atoms with Gasteiger partial charge in [-0.1, -0.05) is 30.3 Å². The molecule has 0 unspecified atom stereocenters. The van der Waals surface area contributed by atoms with Crippen LogP contribution in [0.5, 0.6) is 0 Å². The molecule has 0 fully saturated rings. The van der Waals surface area contributed by atoms with Crippen LogP contribution in [0.4, 0.5) is 0 Å². The van der Waals surface area contributed by atoms with Gasteiger partial charge >= 0.3 is 0 Å². The van der Waals surface area contributed by atoms with E-state index in [4.69, 9.17) is 9.47 Å². The summed E-state index contributed by atoms with van der Waals surface area (Å²) in [6, 6.07) is 9.89. The molecule has 0 aliphatic carbocycles. The minimum absolute atomic E-state index is 0.338. The van der Waals surface area contributed by atoms with Crippen molar-refractivity contribution in [2.75, 3.05) is 6.79 Å². The number of benzene rings is 1. The smallest absolute Gasteiger partial charge is 0.230 e. The minimum Gasteiger partial charge on any atom is -0.461 e. The fourth-order valence-corrected chi connectivity index (χ4v) is 0.995. The van der Waals surface area contributed by atoms with Gasteiger partial charge in [-0.05, 0) is 0 Å². The molecular formula is C9H8O2. The summed E-state index contributed by atoms with van der Waals surface area (Å²) in [5.41, 5.74) is 1.06. The van der Waals surface area contributed by atoms with Crippen LogP contribution in [0.3, 0.4) is 0 Å². The van der Waals surface area contributed by atoms with Crippen LogP contribution in [0.2, 0.25) is 0 Å². The number of hydrogen-bond acceptors (Lipinski definition) is 2. The molecule has 1 aromatic rings. The van der Waals surface area contributed by atoms with Crippen LogP contribution in [0.15, 0.2) is 36.6 Å². The molecule has 0 spiro atoms. The van der Waals surface area contributed by atoms with Crippen LogP contribution in [-0.4, -0.2) is 6.79 Å². The van der Waals surface area contributed by atoms with Crippen molar-refractivity contribution < 1.29 is 9.47 Å². The Labute approximate surface area is 65.1 Å². The van der Waals surface area contributed by atoms with Crippen molar-refractivity contribution in [1.82, 2.24) is 0 Å². The Morgan fingerprint density at radius 3 is 2.55 bits per heavy atom. The van der Waals surface area contributed by atoms with Crippen molar-refractivity contribution >= 4 is 5.76 Å². The highest BCUT2D eigenvalue weighted by atomic mass is 16.7. The van der Waals surface area contributed by atoms with Gasteiger partial charge in [0.05, 0.1) is 0 Å². The van der Waals surface area contributed by atoms with Crippen LogP contribution in [-0.2, 0) is 9.47 Å². The second kappa shape index (κ2) is 2.66. The fourth-order valence-electron chi connectivity index (χ4n) is 0.995. The third kappa shape index (κ3) is 1.19. The molecule has 0 bridgehead atoms. The van der Waals surface area contributed by atoms with Crippen molar-refractivity contribution in [3.63, 3.8) is 0 Å². The fraction of sp³-hybridized carbons (Fsp3) is 0.111. The van der Waals surface area contributed by atoms with E-state index in [1.165, 1.54) is 0 Å². The quantitative estimate of drug-likeness (QED) is 0.606. The molecular weight excluding hydrogens is 140 g/mol. The van der Waals surface area contributed by atoms with Gasteiger partial charge in [-0.15, -0.1) is 0 Å². The van der Waals surface area contributed by atoms with E-state index in [0.717, 1.165) is 11.3 Å². The van der Waals surface area contributed by atoms with Crippen molar-refractivity contribution in [3.05, 3.63) is 42.2 Å². The summed E-state index contributed by atoms with van der Waals surface area (Å²) in [5.74, 6) is 0.811. The van der Waals surface area contributed by atoms with Gasteiger partial charge in [0.25, 0.3) is 0 Å². The lowest BCUT2D eigenvalue weighted by Crippen LogP contribution is -1.84. The summed E-state index contributed by atoms with van der Waals surface area (Å²) in [6.45, 7) is 0.338. The molecule has 0 N–H and O–H groups in total. The van der Waals surface area contributed by atoms with Crippen LogP contribution in [0.1, 0.15) is 5.56 Å². The molecule has 56 valence electrons. The predicted octanol–water partition coefficient (Wildman–Crippen LogP) is 1.99. The molecule has 0 amide bonds. The molecule has 11 heavy (non-hydrogen) atoms. The highest BCUT2D eigenvalue weighted by Gasteiger charge is 2.06. The molecule has 1 heterocycles. The Morgan fingerprint density at radius 2 is 1.91 bits per heavy atom. The molecule has 0 saturated heterocycles. The van der Waals surface area contributed by atoms with Crippen molar-refractivity contribution in [1.29, 1.82) is 0 Å². The second-order valence-corrected chi connectivity index (χ2v) is 2.28. The molecule has 2 rings (SSSR count). The first-order valence-corrected chi connectivity index (χ1v) is 3.47. The highest BCUT2D eigenvalue weighted by Crippen LogP contribution is 2.19. The number of ether oxygens (including phenoxy) is 2. The van der Waals surface area contributed by atoms with E-state index in [9.17, 15) is 0 Å². The maximum absolute atomic E-state index is 5.18. The van der Waals surface area contributed by atoms with Gasteiger partial charge in [0, 0.05) is 5.56 Å². The van der Waals surface area contributed by atoms with E-state index in [1.54, 1.807) is 6.26 Å². The summed E-state index contributed by atoms with van der Waals surface area (Å²) in [7, 11) is 0. The first kappa shape index (κ1) is 6.28. The lowest BCUT2D eigenvalue weighted by Gasteiger charge is -1.98. The maximum Gasteiger partial charge on any atom is 0.230 e. The highest BCUT2D eigenvalue weighted by molar-refractivity contribution is 5.59. The van der Waals surface area contributed by atoms with Gasteiger partial charge in [-0.25, -0.2) is 0 Å². The van der Waals surface area contributed by atoms with E-state index in [1.807, 2.05) is 30.3 Å². The standard InChI is InChI=1S/C9H8O2/c1-2-4-8(5-3-1)9-6-10-7-11-9/h1-6H,7H2. The van der Waals surface area contributed by atoms with Gasteiger partial charge in [0.2, 0.25) is 6.79 Å². The first-order valence-electron chi connectivity index (χ1n) is 3.47. The molecule has 0 saturated carbocycles. The zero-order chi connectivity index (χ0) is 7.52. The Hall–Kier alpha value is -1.44. The lowest BCUT2D eigenvalue weighted by molar-refractivity contribution is 0.100. The van der Waals surface area contributed by atoms with Gasteiger partial charge in [-0.2, -0.15) is 0 Å². The monoisotopic (exact) mass is 148 g/mol. The largest absolute Gasteiger partial charge is 0.461 e. The first-order chi connectivity index (χ1) is 5.47. The third-order valence-corrected chi connectivity index (χ3v) is 1.53. The molecule has 1 aliphatic heterocycles. The van der Waals surface area contributed by atoms with E-state index >= 15 is 0 Å². The normalized spacial score (nSPS) is 15.1. The Balaban J connectivity index is 2.29. The average Bonchev–Trinajstić information content (AvgIpc) is 2.58. The number of rotatable bonds is 1. The van der Waals surface area contributed by atoms with Gasteiger partial charge in [0.1, 0.15) is 6.26 Å². The molecule has 0 atom stereocenters. The maximum atomic E-state index is 5.18. The summed E-state index contributed by atoms with van der Waals surface area (Å²) in [4.78, 5) is 0. The van der Waals surface area contributed by atoms with Gasteiger partial charge in [0.15, 0.2) is 5.76 Å². The van der Waals surface area contributed by atoms with Crippen LogP contribution >= 0.6 is 0 Å². The second-order valence-electron chi connectivity index (χ2n) is 2.28. The Morgan fingerprint density at radius 1 is 1.09 bits per heavy atom. The summed E-state index contributed by atoms with van der Waals surface area (Å²) in [5, 5.41) is 0. The number of hydrogen-bond donors (Lipinski definition) is 0. The zero-order valence-corrected chi connectivity index (χ0v) is 5.99. The predicted molar refractivity (Wildman–Crippen MR) is 41.5 cm³/mol. The van der Waals surface area contributed by atoms with Crippen molar-refractivity contribution in [2.24, 2.45) is 0 Å². The average molecular weight is 148 g/mol. The van der Waals surface area contributed by atoms with Crippen molar-refractivity contribution in [2.45, 2.75) is 0 Å². The van der Waals surface area contributed by atoms with Crippen LogP contribution in [0.25, 0.3) is 5.76 Å². The molecule has 0 radical (unpaired) electrons. The Kier molecular flexibility index (Phi) is 1.52. The third-order valence-electron chi connectivity index (χ3n) is 1.53. The minimum atomic E-state index is 0.338. The summed E-state index contributed by atoms with van der Waals surface area (Å²) < 4.78 is 10.1. The molecule has 1 aliphatic rings. The van der Waals surface area contributed by atoms with E-state index in [-0.39, 0.29) is 0 Å². The summed E-state index contributed by atoms with van der Waals surface area (Å²) >= 11 is 0. The van der Waals surface area contributed by atoms with E-state index in [2.05, 4.69) is 0 Å². The molecule has 0 aromatic heterocycles. The van der Waals surface area contributed by atoms with Crippen molar-refractivity contribution in [3.8, 4) is 0 Å². The van der Waals surface area contributed by atoms with E-state index in [0.29, 0.717) is 6.79 Å². The zero-order valence-electron chi connectivity index (χ0n) is 5.99. The van der Waals surface area contributed by atoms with Crippen LogP contribution < -0.4 is 0 Å². The molecule has 2 nitrogen and oxygen atoms in total. The SMILES string of the molecule is C1=C(c2ccccc2)OCO1. The summed E-state index contributed by atoms with van der Waals surface area (Å²) in [6.07, 6.45) is 1.63. The van der Waals surface area contributed by atoms with Gasteiger partial charge in [-0.3, -0.25) is 0 Å². The molecule has 2 heteroatoms. The lowest BCUT2D eigenvalue weighted by atomic mass is 10.2. The molecule has 1 aromatic carbocycles. The topological polar surface area (TPSA) is 18.5 Å². The Bertz CT molecular complexity index is 264. The van der Waals surface area contributed by atoms with E-state index < -0.39 is 0 Å². The van der Waals surface area contributed by atoms with Gasteiger partial charge < -0.3 is 9.47 Å². The van der Waals surface area contributed by atoms with Crippen LogP contribution in [0, 0.1) is 0 Å².